The Hall–Kier alpha value is -2.76. The molecule has 10 heteroatoms. The van der Waals surface area contributed by atoms with Crippen molar-refractivity contribution in [2.24, 2.45) is 0 Å². The van der Waals surface area contributed by atoms with Crippen molar-refractivity contribution < 1.29 is 34.0 Å². The highest BCUT2D eigenvalue weighted by Gasteiger charge is 2.15. The summed E-state index contributed by atoms with van der Waals surface area (Å²) in [4.78, 5) is -0.185. The van der Waals surface area contributed by atoms with Gasteiger partial charge in [-0.25, -0.2) is 8.78 Å². The van der Waals surface area contributed by atoms with Crippen LogP contribution in [0, 0.1) is 35.3 Å². The molecular formula is C24H24F2O6S2. The summed E-state index contributed by atoms with van der Waals surface area (Å²) in [6.45, 7) is 0.0119. The lowest BCUT2D eigenvalue weighted by Gasteiger charge is -2.04. The van der Waals surface area contributed by atoms with Gasteiger partial charge in [-0.15, -0.1) is 0 Å². The zero-order valence-corrected chi connectivity index (χ0v) is 19.9. The van der Waals surface area contributed by atoms with Crippen LogP contribution in [0.3, 0.4) is 0 Å². The Morgan fingerprint density at radius 3 is 1.29 bits per heavy atom. The molecule has 2 aromatic carbocycles. The van der Waals surface area contributed by atoms with Crippen LogP contribution in [0.15, 0.2) is 58.3 Å². The summed E-state index contributed by atoms with van der Waals surface area (Å²) in [5.41, 5.74) is 0. The average Bonchev–Trinajstić information content (AvgIpc) is 2.80. The van der Waals surface area contributed by atoms with Crippen LogP contribution in [0.2, 0.25) is 0 Å². The van der Waals surface area contributed by atoms with Gasteiger partial charge in [-0.3, -0.25) is 8.37 Å². The summed E-state index contributed by atoms with van der Waals surface area (Å²) in [5, 5.41) is 0. The largest absolute Gasteiger partial charge is 0.296 e. The first kappa shape index (κ1) is 27.5. The number of hydrogen-bond donors (Lipinski definition) is 0. The highest BCUT2D eigenvalue weighted by atomic mass is 32.2. The van der Waals surface area contributed by atoms with E-state index in [0.29, 0.717) is 38.5 Å². The van der Waals surface area contributed by atoms with Crippen molar-refractivity contribution in [1.82, 2.24) is 0 Å². The molecule has 0 aliphatic rings. The Balaban J connectivity index is 1.54. The first-order chi connectivity index (χ1) is 16.2. The average molecular weight is 511 g/mol. The van der Waals surface area contributed by atoms with E-state index in [1.54, 1.807) is 0 Å². The molecule has 0 radical (unpaired) electrons. The standard InChI is InChI=1S/C24H24F2O6S2/c25-21-11-15-23(16-12-21)33(27,28)31-19-9-7-5-3-1-2-4-6-8-10-20-32-34(29,30)24-17-13-22(26)14-18-24/h11-18H,5-10,19-20H2. The Bertz CT molecular complexity index is 1150. The maximum atomic E-state index is 12.9. The van der Waals surface area contributed by atoms with E-state index in [-0.39, 0.29) is 23.0 Å². The molecule has 0 aliphatic carbocycles. The highest BCUT2D eigenvalue weighted by molar-refractivity contribution is 7.87. The van der Waals surface area contributed by atoms with Crippen molar-refractivity contribution in [3.63, 3.8) is 0 Å². The minimum Gasteiger partial charge on any atom is -0.266 e. The number of rotatable bonds is 12. The minimum absolute atomic E-state index is 0.00597. The van der Waals surface area contributed by atoms with E-state index >= 15 is 0 Å². The number of unbranched alkanes of at least 4 members (excludes halogenated alkanes) is 4. The second kappa shape index (κ2) is 13.8. The minimum atomic E-state index is -3.90. The van der Waals surface area contributed by atoms with Crippen LogP contribution in [-0.2, 0) is 28.6 Å². The molecule has 0 unspecified atom stereocenters. The predicted molar refractivity (Wildman–Crippen MR) is 122 cm³/mol. The van der Waals surface area contributed by atoms with Gasteiger partial charge >= 0.3 is 0 Å². The summed E-state index contributed by atoms with van der Waals surface area (Å²) >= 11 is 0. The number of halogens is 2. The molecule has 182 valence electrons. The lowest BCUT2D eigenvalue weighted by atomic mass is 10.2. The van der Waals surface area contributed by atoms with Gasteiger partial charge in [0.05, 0.1) is 23.0 Å². The third-order valence-electron chi connectivity index (χ3n) is 4.31. The van der Waals surface area contributed by atoms with E-state index in [9.17, 15) is 25.6 Å². The van der Waals surface area contributed by atoms with Crippen molar-refractivity contribution in [3.05, 3.63) is 60.2 Å². The van der Waals surface area contributed by atoms with Gasteiger partial charge in [0.2, 0.25) is 0 Å². The van der Waals surface area contributed by atoms with Crippen molar-refractivity contribution >= 4 is 20.2 Å². The maximum Gasteiger partial charge on any atom is 0.296 e. The van der Waals surface area contributed by atoms with Gasteiger partial charge in [0, 0.05) is 12.8 Å². The van der Waals surface area contributed by atoms with Gasteiger partial charge in [-0.2, -0.15) is 16.8 Å². The molecule has 0 aliphatic heterocycles. The summed E-state index contributed by atoms with van der Waals surface area (Å²) in [6.07, 6.45) is 3.31. The van der Waals surface area contributed by atoms with E-state index < -0.39 is 31.9 Å². The van der Waals surface area contributed by atoms with Gasteiger partial charge in [0.15, 0.2) is 0 Å². The van der Waals surface area contributed by atoms with Gasteiger partial charge in [-0.1, -0.05) is 11.8 Å². The molecule has 2 rings (SSSR count). The molecular weight excluding hydrogens is 486 g/mol. The second-order valence-corrected chi connectivity index (χ2v) is 10.2. The van der Waals surface area contributed by atoms with Gasteiger partial charge in [-0.05, 0) is 86.1 Å². The summed E-state index contributed by atoms with van der Waals surface area (Å²) in [5.74, 6) is 10.1. The fraction of sp³-hybridized carbons (Fsp3) is 0.333. The van der Waals surface area contributed by atoms with Gasteiger partial charge < -0.3 is 0 Å². The third-order valence-corrected chi connectivity index (χ3v) is 6.97. The third kappa shape index (κ3) is 10.0. The van der Waals surface area contributed by atoms with Gasteiger partial charge in [0.25, 0.3) is 20.2 Å². The normalized spacial score (nSPS) is 11.2. The first-order valence-electron chi connectivity index (χ1n) is 10.5. The van der Waals surface area contributed by atoms with Crippen molar-refractivity contribution in [2.75, 3.05) is 13.2 Å². The molecule has 0 fully saturated rings. The quantitative estimate of drug-likeness (QED) is 0.239. The van der Waals surface area contributed by atoms with Crippen LogP contribution in [0.25, 0.3) is 0 Å². The van der Waals surface area contributed by atoms with Crippen LogP contribution in [-0.4, -0.2) is 30.0 Å². The van der Waals surface area contributed by atoms with Crippen LogP contribution < -0.4 is 0 Å². The molecule has 0 saturated heterocycles. The molecule has 6 nitrogen and oxygen atoms in total. The van der Waals surface area contributed by atoms with Crippen molar-refractivity contribution in [3.8, 4) is 23.7 Å². The molecule has 0 atom stereocenters. The molecule has 0 aromatic heterocycles. The fourth-order valence-corrected chi connectivity index (χ4v) is 4.41. The molecule has 2 aromatic rings. The molecule has 0 bridgehead atoms. The van der Waals surface area contributed by atoms with Crippen LogP contribution in [0.4, 0.5) is 8.78 Å². The second-order valence-electron chi connectivity index (χ2n) is 6.98. The Morgan fingerprint density at radius 2 is 0.941 bits per heavy atom. The smallest absolute Gasteiger partial charge is 0.266 e. The Kier molecular flexibility index (Phi) is 11.2. The fourth-order valence-electron chi connectivity index (χ4n) is 2.52. The topological polar surface area (TPSA) is 86.7 Å². The molecule has 0 heterocycles. The zero-order chi connectivity index (χ0) is 24.9. The molecule has 0 N–H and O–H groups in total. The molecule has 0 spiro atoms. The van der Waals surface area contributed by atoms with E-state index in [4.69, 9.17) is 8.37 Å². The first-order valence-corrected chi connectivity index (χ1v) is 13.3. The van der Waals surface area contributed by atoms with Crippen LogP contribution in [0.5, 0.6) is 0 Å². The Labute approximate surface area is 199 Å². The maximum absolute atomic E-state index is 12.9. The van der Waals surface area contributed by atoms with E-state index in [1.165, 1.54) is 0 Å². The van der Waals surface area contributed by atoms with E-state index in [1.807, 2.05) is 0 Å². The summed E-state index contributed by atoms with van der Waals surface area (Å²) < 4.78 is 83.2. The molecule has 34 heavy (non-hydrogen) atoms. The van der Waals surface area contributed by atoms with E-state index in [0.717, 1.165) is 48.5 Å². The SMILES string of the molecule is O=S(=O)(OCCCCC#CC#CCCCCOS(=O)(=O)c1ccc(F)cc1)c1ccc(F)cc1. The van der Waals surface area contributed by atoms with Gasteiger partial charge in [0.1, 0.15) is 11.6 Å². The molecule has 0 saturated carbocycles. The van der Waals surface area contributed by atoms with Crippen LogP contribution in [0.1, 0.15) is 38.5 Å². The monoisotopic (exact) mass is 510 g/mol. The van der Waals surface area contributed by atoms with E-state index in [2.05, 4.69) is 23.7 Å². The molecule has 0 amide bonds. The predicted octanol–water partition coefficient (Wildman–Crippen LogP) is 4.42. The Morgan fingerprint density at radius 1 is 0.588 bits per heavy atom. The van der Waals surface area contributed by atoms with Crippen molar-refractivity contribution in [1.29, 1.82) is 0 Å². The highest BCUT2D eigenvalue weighted by Crippen LogP contribution is 2.14. The number of benzene rings is 2. The lowest BCUT2D eigenvalue weighted by Crippen LogP contribution is -2.07. The summed E-state index contributed by atoms with van der Waals surface area (Å²) in [6, 6.07) is 8.83. The summed E-state index contributed by atoms with van der Waals surface area (Å²) in [7, 11) is -7.79. The zero-order valence-electron chi connectivity index (χ0n) is 18.3. The van der Waals surface area contributed by atoms with Crippen LogP contribution >= 0.6 is 0 Å². The lowest BCUT2D eigenvalue weighted by molar-refractivity contribution is 0.308. The van der Waals surface area contributed by atoms with Crippen molar-refractivity contribution in [2.45, 2.75) is 48.3 Å². The number of hydrogen-bond acceptors (Lipinski definition) is 6.